The van der Waals surface area contributed by atoms with Crippen LogP contribution in [-0.2, 0) is 6.42 Å². The first-order valence-electron chi connectivity index (χ1n) is 11.7. The van der Waals surface area contributed by atoms with E-state index >= 15 is 0 Å². The average Bonchev–Trinajstić information content (AvgIpc) is 3.18. The zero-order valence-electron chi connectivity index (χ0n) is 19.5. The highest BCUT2D eigenvalue weighted by Gasteiger charge is 2.32. The number of benzene rings is 3. The standard InChI is InChI=1S/C29H24ClN3OS/c1-32(2)22-14-7-18(8-15-22)17-25-28(34)33-27(20-9-12-21(30)13-10-20)24-16-11-19-5-3-4-6-23(19)26(24)31-29(33)35-25/h3-10,12-15,17,27H,11,16H2,1-2H3. The fourth-order valence-corrected chi connectivity index (χ4v) is 6.11. The van der Waals surface area contributed by atoms with Crippen LogP contribution in [0.5, 0.6) is 0 Å². The maximum atomic E-state index is 13.8. The molecule has 174 valence electrons. The summed E-state index contributed by atoms with van der Waals surface area (Å²) in [4.78, 5) is 21.7. The van der Waals surface area contributed by atoms with Crippen LogP contribution >= 0.6 is 22.9 Å². The lowest BCUT2D eigenvalue weighted by molar-refractivity contribution is 0.585. The van der Waals surface area contributed by atoms with Gasteiger partial charge < -0.3 is 4.90 Å². The Morgan fingerprint density at radius 3 is 2.49 bits per heavy atom. The summed E-state index contributed by atoms with van der Waals surface area (Å²) in [6, 6.07) is 24.4. The smallest absolute Gasteiger partial charge is 0.271 e. The molecule has 1 aliphatic heterocycles. The molecule has 0 radical (unpaired) electrons. The number of nitrogens with zero attached hydrogens (tertiary/aromatic N) is 3. The lowest BCUT2D eigenvalue weighted by Crippen LogP contribution is -2.38. The molecule has 35 heavy (non-hydrogen) atoms. The van der Waals surface area contributed by atoms with Crippen molar-refractivity contribution in [2.45, 2.75) is 18.9 Å². The molecule has 0 bridgehead atoms. The molecule has 0 spiro atoms. The molecule has 1 unspecified atom stereocenters. The average molecular weight is 498 g/mol. The molecule has 0 saturated heterocycles. The first-order valence-corrected chi connectivity index (χ1v) is 12.8. The third-order valence-electron chi connectivity index (χ3n) is 6.77. The molecule has 0 saturated carbocycles. The van der Waals surface area contributed by atoms with Gasteiger partial charge in [0.1, 0.15) is 0 Å². The molecular formula is C29H24ClN3OS. The first-order chi connectivity index (χ1) is 17.0. The van der Waals surface area contributed by atoms with Gasteiger partial charge in [-0.3, -0.25) is 9.36 Å². The quantitative estimate of drug-likeness (QED) is 0.398. The lowest BCUT2D eigenvalue weighted by Gasteiger charge is -2.30. The monoisotopic (exact) mass is 497 g/mol. The van der Waals surface area contributed by atoms with Gasteiger partial charge in [0.15, 0.2) is 4.80 Å². The second kappa shape index (κ2) is 8.67. The van der Waals surface area contributed by atoms with Gasteiger partial charge in [-0.05, 0) is 65.4 Å². The summed E-state index contributed by atoms with van der Waals surface area (Å²) >= 11 is 7.66. The van der Waals surface area contributed by atoms with E-state index in [2.05, 4.69) is 41.3 Å². The fourth-order valence-electron chi connectivity index (χ4n) is 4.99. The van der Waals surface area contributed by atoms with Crippen molar-refractivity contribution >= 4 is 40.4 Å². The molecule has 1 atom stereocenters. The van der Waals surface area contributed by atoms with E-state index < -0.39 is 0 Å². The molecule has 3 aromatic carbocycles. The normalized spacial score (nSPS) is 16.9. The van der Waals surface area contributed by atoms with E-state index in [1.807, 2.05) is 61.1 Å². The van der Waals surface area contributed by atoms with Crippen molar-refractivity contribution in [1.29, 1.82) is 0 Å². The zero-order valence-corrected chi connectivity index (χ0v) is 21.1. The Balaban J connectivity index is 1.57. The van der Waals surface area contributed by atoms with E-state index in [1.54, 1.807) is 0 Å². The Morgan fingerprint density at radius 1 is 1.00 bits per heavy atom. The third kappa shape index (κ3) is 3.85. The number of hydrogen-bond donors (Lipinski definition) is 0. The van der Waals surface area contributed by atoms with Crippen LogP contribution in [-0.4, -0.2) is 18.7 Å². The van der Waals surface area contributed by atoms with E-state index in [0.717, 1.165) is 40.2 Å². The maximum Gasteiger partial charge on any atom is 0.271 e. The second-order valence-corrected chi connectivity index (χ2v) is 10.6. The van der Waals surface area contributed by atoms with E-state index in [9.17, 15) is 4.79 Å². The summed E-state index contributed by atoms with van der Waals surface area (Å²) in [7, 11) is 4.04. The van der Waals surface area contributed by atoms with E-state index in [0.29, 0.717) is 9.55 Å². The molecule has 0 amide bonds. The Kier molecular flexibility index (Phi) is 5.47. The van der Waals surface area contributed by atoms with Crippen molar-refractivity contribution in [3.63, 3.8) is 0 Å². The van der Waals surface area contributed by atoms with Gasteiger partial charge in [-0.15, -0.1) is 0 Å². The highest BCUT2D eigenvalue weighted by molar-refractivity contribution is 7.07. The maximum absolute atomic E-state index is 13.8. The SMILES string of the molecule is CN(C)c1ccc(C=c2sc3n(c2=O)C(c2ccc(Cl)cc2)C2=C(N=3)c3ccccc3CC2)cc1. The summed E-state index contributed by atoms with van der Waals surface area (Å²) in [6.45, 7) is 0. The minimum atomic E-state index is -0.190. The van der Waals surface area contributed by atoms with Gasteiger partial charge >= 0.3 is 0 Å². The number of hydrogen-bond acceptors (Lipinski definition) is 4. The second-order valence-electron chi connectivity index (χ2n) is 9.15. The predicted octanol–water partition coefficient (Wildman–Crippen LogP) is 5.04. The molecule has 4 aromatic rings. The molecule has 0 N–H and O–H groups in total. The van der Waals surface area contributed by atoms with Crippen LogP contribution in [0.25, 0.3) is 11.8 Å². The minimum Gasteiger partial charge on any atom is -0.378 e. The van der Waals surface area contributed by atoms with Gasteiger partial charge in [-0.2, -0.15) is 0 Å². The van der Waals surface area contributed by atoms with E-state index in [4.69, 9.17) is 16.6 Å². The van der Waals surface area contributed by atoms with Crippen molar-refractivity contribution in [3.05, 3.63) is 125 Å². The largest absolute Gasteiger partial charge is 0.378 e. The van der Waals surface area contributed by atoms with E-state index in [-0.39, 0.29) is 11.6 Å². The van der Waals surface area contributed by atoms with Crippen LogP contribution in [0.2, 0.25) is 5.02 Å². The summed E-state index contributed by atoms with van der Waals surface area (Å²) in [5.41, 5.74) is 7.86. The molecule has 1 aromatic heterocycles. The Bertz CT molecular complexity index is 1640. The zero-order chi connectivity index (χ0) is 24.1. The number of aryl methyl sites for hydroxylation is 1. The Morgan fingerprint density at radius 2 is 1.74 bits per heavy atom. The van der Waals surface area contributed by atoms with Gasteiger partial charge in [0.2, 0.25) is 0 Å². The van der Waals surface area contributed by atoms with E-state index in [1.165, 1.54) is 28.0 Å². The van der Waals surface area contributed by atoms with Crippen molar-refractivity contribution in [3.8, 4) is 0 Å². The molecular weight excluding hydrogens is 474 g/mol. The number of thiazole rings is 1. The number of fused-ring (bicyclic) bond motifs is 3. The summed E-state index contributed by atoms with van der Waals surface area (Å²) < 4.78 is 2.56. The van der Waals surface area contributed by atoms with Crippen LogP contribution in [0.4, 0.5) is 5.69 Å². The lowest BCUT2D eigenvalue weighted by atomic mass is 9.83. The molecule has 4 nitrogen and oxygen atoms in total. The molecule has 6 heteroatoms. The Labute approximate surface area is 212 Å². The summed E-state index contributed by atoms with van der Waals surface area (Å²) in [5.74, 6) is 0. The van der Waals surface area contributed by atoms with Gasteiger partial charge in [-0.25, -0.2) is 4.99 Å². The van der Waals surface area contributed by atoms with Crippen LogP contribution < -0.4 is 19.8 Å². The number of rotatable bonds is 3. The Hall–Kier alpha value is -3.41. The van der Waals surface area contributed by atoms with Crippen molar-refractivity contribution in [2.24, 2.45) is 4.99 Å². The number of anilines is 1. The summed E-state index contributed by atoms with van der Waals surface area (Å²) in [5, 5.41) is 0.686. The number of allylic oxidation sites excluding steroid dienone is 1. The molecule has 0 fully saturated rings. The fraction of sp³-hybridized carbons (Fsp3) is 0.172. The van der Waals surface area contributed by atoms with Crippen molar-refractivity contribution in [1.82, 2.24) is 4.57 Å². The minimum absolute atomic E-state index is 0.00389. The molecule has 2 heterocycles. The first kappa shape index (κ1) is 22.1. The number of halogens is 1. The van der Waals surface area contributed by atoms with Gasteiger partial charge in [-0.1, -0.05) is 71.5 Å². The van der Waals surface area contributed by atoms with Crippen LogP contribution in [0.3, 0.4) is 0 Å². The molecule has 1 aliphatic carbocycles. The predicted molar refractivity (Wildman–Crippen MR) is 145 cm³/mol. The van der Waals surface area contributed by atoms with Crippen LogP contribution in [0.1, 0.15) is 34.7 Å². The van der Waals surface area contributed by atoms with Crippen LogP contribution in [0, 0.1) is 0 Å². The number of aromatic nitrogens is 1. The van der Waals surface area contributed by atoms with Gasteiger partial charge in [0, 0.05) is 30.4 Å². The van der Waals surface area contributed by atoms with Crippen molar-refractivity contribution in [2.75, 3.05) is 19.0 Å². The highest BCUT2D eigenvalue weighted by Crippen LogP contribution is 2.41. The van der Waals surface area contributed by atoms with Gasteiger partial charge in [0.25, 0.3) is 5.56 Å². The molecule has 2 aliphatic rings. The van der Waals surface area contributed by atoms with Gasteiger partial charge in [0.05, 0.1) is 16.3 Å². The summed E-state index contributed by atoms with van der Waals surface area (Å²) in [6.07, 6.45) is 3.79. The molecule has 6 rings (SSSR count). The third-order valence-corrected chi connectivity index (χ3v) is 8.00. The van der Waals surface area contributed by atoms with Crippen molar-refractivity contribution < 1.29 is 0 Å². The van der Waals surface area contributed by atoms with Crippen LogP contribution in [0.15, 0.2) is 88.2 Å². The highest BCUT2D eigenvalue weighted by atomic mass is 35.5. The topological polar surface area (TPSA) is 37.6 Å².